The van der Waals surface area contributed by atoms with Crippen LogP contribution in [0.1, 0.15) is 17.3 Å². The van der Waals surface area contributed by atoms with Crippen LogP contribution in [-0.4, -0.2) is 30.3 Å². The zero-order valence-corrected chi connectivity index (χ0v) is 9.47. The largest absolute Gasteiger partial charge is 0.494 e. The molecule has 1 aromatic rings. The van der Waals surface area contributed by atoms with E-state index in [0.29, 0.717) is 0 Å². The van der Waals surface area contributed by atoms with Crippen molar-refractivity contribution in [1.82, 2.24) is 0 Å². The highest BCUT2D eigenvalue weighted by Crippen LogP contribution is 2.26. The Kier molecular flexibility index (Phi) is 3.92. The van der Waals surface area contributed by atoms with Gasteiger partial charge in [-0.2, -0.15) is 0 Å². The summed E-state index contributed by atoms with van der Waals surface area (Å²) in [5, 5.41) is 8.63. The van der Waals surface area contributed by atoms with Crippen LogP contribution in [0.3, 0.4) is 0 Å². The molecule has 0 spiro atoms. The monoisotopic (exact) mass is 239 g/mol. The number of anilines is 1. The van der Waals surface area contributed by atoms with E-state index < -0.39 is 18.0 Å². The SMILES string of the molecule is COc1c(N)cccc1C(=O)OC(C)C(=O)O. The minimum Gasteiger partial charge on any atom is -0.494 e. The summed E-state index contributed by atoms with van der Waals surface area (Å²) in [6.07, 6.45) is -1.23. The Hall–Kier alpha value is -2.24. The molecule has 0 saturated heterocycles. The van der Waals surface area contributed by atoms with Crippen molar-refractivity contribution >= 4 is 17.6 Å². The first-order chi connectivity index (χ1) is 7.97. The zero-order valence-electron chi connectivity index (χ0n) is 9.47. The van der Waals surface area contributed by atoms with Crippen LogP contribution >= 0.6 is 0 Å². The highest BCUT2D eigenvalue weighted by atomic mass is 16.6. The van der Waals surface area contributed by atoms with Gasteiger partial charge in [0.2, 0.25) is 0 Å². The first kappa shape index (κ1) is 12.8. The number of ether oxygens (including phenoxy) is 2. The van der Waals surface area contributed by atoms with Gasteiger partial charge in [-0.15, -0.1) is 0 Å². The smallest absolute Gasteiger partial charge is 0.344 e. The normalized spacial score (nSPS) is 11.6. The number of para-hydroxylation sites is 1. The highest BCUT2D eigenvalue weighted by molar-refractivity contribution is 5.95. The zero-order chi connectivity index (χ0) is 13.0. The van der Waals surface area contributed by atoms with Crippen molar-refractivity contribution in [3.05, 3.63) is 23.8 Å². The number of aliphatic carboxylic acids is 1. The number of hydrogen-bond donors (Lipinski definition) is 2. The maximum absolute atomic E-state index is 11.7. The second kappa shape index (κ2) is 5.20. The Morgan fingerprint density at radius 3 is 2.59 bits per heavy atom. The molecule has 0 aliphatic rings. The van der Waals surface area contributed by atoms with Crippen LogP contribution < -0.4 is 10.5 Å². The number of hydrogen-bond acceptors (Lipinski definition) is 5. The maximum atomic E-state index is 11.7. The average molecular weight is 239 g/mol. The van der Waals surface area contributed by atoms with Gasteiger partial charge in [-0.1, -0.05) is 6.07 Å². The summed E-state index contributed by atoms with van der Waals surface area (Å²) in [5.74, 6) is -1.83. The van der Waals surface area contributed by atoms with Gasteiger partial charge in [-0.05, 0) is 19.1 Å². The lowest BCUT2D eigenvalue weighted by Gasteiger charge is -2.12. The maximum Gasteiger partial charge on any atom is 0.344 e. The van der Waals surface area contributed by atoms with E-state index in [4.69, 9.17) is 20.3 Å². The van der Waals surface area contributed by atoms with Gasteiger partial charge in [-0.25, -0.2) is 9.59 Å². The molecule has 17 heavy (non-hydrogen) atoms. The van der Waals surface area contributed by atoms with E-state index in [1.54, 1.807) is 12.1 Å². The van der Waals surface area contributed by atoms with Crippen LogP contribution in [0.5, 0.6) is 5.75 Å². The quantitative estimate of drug-likeness (QED) is 0.598. The molecule has 0 saturated carbocycles. The van der Waals surface area contributed by atoms with Crippen LogP contribution in [0.25, 0.3) is 0 Å². The van der Waals surface area contributed by atoms with Crippen molar-refractivity contribution in [1.29, 1.82) is 0 Å². The number of methoxy groups -OCH3 is 1. The first-order valence-corrected chi connectivity index (χ1v) is 4.83. The van der Waals surface area contributed by atoms with E-state index in [2.05, 4.69) is 0 Å². The molecular weight excluding hydrogens is 226 g/mol. The molecule has 0 aromatic heterocycles. The Balaban J connectivity index is 2.97. The molecule has 0 aliphatic carbocycles. The van der Waals surface area contributed by atoms with E-state index >= 15 is 0 Å². The standard InChI is InChI=1S/C11H13NO5/c1-6(10(13)14)17-11(15)7-4-3-5-8(12)9(7)16-2/h3-6H,12H2,1-2H3,(H,13,14). The third kappa shape index (κ3) is 2.87. The molecule has 0 fully saturated rings. The minimum absolute atomic E-state index is 0.0978. The number of esters is 1. The predicted octanol–water partition coefficient (Wildman–Crippen LogP) is 0.907. The topological polar surface area (TPSA) is 98.9 Å². The van der Waals surface area contributed by atoms with E-state index in [1.165, 1.54) is 20.1 Å². The van der Waals surface area contributed by atoms with Crippen molar-refractivity contribution in [3.63, 3.8) is 0 Å². The molecule has 3 N–H and O–H groups in total. The lowest BCUT2D eigenvalue weighted by Crippen LogP contribution is -2.24. The van der Waals surface area contributed by atoms with Crippen molar-refractivity contribution < 1.29 is 24.2 Å². The Morgan fingerprint density at radius 1 is 1.41 bits per heavy atom. The number of nitrogens with two attached hydrogens (primary N) is 1. The van der Waals surface area contributed by atoms with Crippen LogP contribution in [-0.2, 0) is 9.53 Å². The van der Waals surface area contributed by atoms with Crippen molar-refractivity contribution in [2.24, 2.45) is 0 Å². The van der Waals surface area contributed by atoms with Gasteiger partial charge in [0.1, 0.15) is 5.56 Å². The van der Waals surface area contributed by atoms with Gasteiger partial charge < -0.3 is 20.3 Å². The summed E-state index contributed by atoms with van der Waals surface area (Å²) >= 11 is 0. The van der Waals surface area contributed by atoms with Gasteiger partial charge in [0.05, 0.1) is 12.8 Å². The third-order valence-corrected chi connectivity index (χ3v) is 2.10. The molecule has 0 amide bonds. The number of nitrogen functional groups attached to an aromatic ring is 1. The summed E-state index contributed by atoms with van der Waals surface area (Å²) in [7, 11) is 1.36. The molecular formula is C11H13NO5. The summed E-state index contributed by atoms with van der Waals surface area (Å²) in [5.41, 5.74) is 5.99. The number of carboxylic acids is 1. The molecule has 0 heterocycles. The number of carbonyl (C=O) groups is 2. The van der Waals surface area contributed by atoms with E-state index in [1.807, 2.05) is 0 Å². The van der Waals surface area contributed by atoms with Crippen molar-refractivity contribution in [3.8, 4) is 5.75 Å². The molecule has 1 atom stereocenters. The number of benzene rings is 1. The molecule has 1 unspecified atom stereocenters. The first-order valence-electron chi connectivity index (χ1n) is 4.83. The van der Waals surface area contributed by atoms with Gasteiger partial charge in [0, 0.05) is 0 Å². The molecule has 0 radical (unpaired) electrons. The van der Waals surface area contributed by atoms with Crippen molar-refractivity contribution in [2.45, 2.75) is 13.0 Å². The van der Waals surface area contributed by atoms with Crippen LogP contribution in [0.2, 0.25) is 0 Å². The molecule has 92 valence electrons. The molecule has 0 aliphatic heterocycles. The van der Waals surface area contributed by atoms with Gasteiger partial charge >= 0.3 is 11.9 Å². The predicted molar refractivity (Wildman–Crippen MR) is 59.9 cm³/mol. The fraction of sp³-hybridized carbons (Fsp3) is 0.273. The number of carbonyl (C=O) groups excluding carboxylic acids is 1. The highest BCUT2D eigenvalue weighted by Gasteiger charge is 2.21. The van der Waals surface area contributed by atoms with Gasteiger partial charge in [0.25, 0.3) is 0 Å². The molecule has 1 aromatic carbocycles. The summed E-state index contributed by atoms with van der Waals surface area (Å²) in [4.78, 5) is 22.2. The summed E-state index contributed by atoms with van der Waals surface area (Å²) in [6, 6.07) is 4.57. The fourth-order valence-corrected chi connectivity index (χ4v) is 1.22. The van der Waals surface area contributed by atoms with E-state index in [0.717, 1.165) is 0 Å². The van der Waals surface area contributed by atoms with Gasteiger partial charge in [0.15, 0.2) is 11.9 Å². The Labute approximate surface area is 97.9 Å². The van der Waals surface area contributed by atoms with Crippen LogP contribution in [0, 0.1) is 0 Å². The lowest BCUT2D eigenvalue weighted by molar-refractivity contribution is -0.146. The van der Waals surface area contributed by atoms with Crippen LogP contribution in [0.4, 0.5) is 5.69 Å². The molecule has 1 rings (SSSR count). The number of rotatable bonds is 4. The summed E-state index contributed by atoms with van der Waals surface area (Å²) < 4.78 is 9.69. The lowest BCUT2D eigenvalue weighted by atomic mass is 10.1. The van der Waals surface area contributed by atoms with E-state index in [-0.39, 0.29) is 17.0 Å². The average Bonchev–Trinajstić information content (AvgIpc) is 2.28. The third-order valence-electron chi connectivity index (χ3n) is 2.10. The van der Waals surface area contributed by atoms with E-state index in [9.17, 15) is 9.59 Å². The number of carboxylic acid groups (broad SMARTS) is 1. The molecule has 0 bridgehead atoms. The Bertz CT molecular complexity index is 443. The van der Waals surface area contributed by atoms with Gasteiger partial charge in [-0.3, -0.25) is 0 Å². The summed E-state index contributed by atoms with van der Waals surface area (Å²) in [6.45, 7) is 1.26. The Morgan fingerprint density at radius 2 is 2.06 bits per heavy atom. The van der Waals surface area contributed by atoms with Crippen LogP contribution in [0.15, 0.2) is 18.2 Å². The second-order valence-electron chi connectivity index (χ2n) is 3.31. The van der Waals surface area contributed by atoms with Crippen molar-refractivity contribution in [2.75, 3.05) is 12.8 Å². The minimum atomic E-state index is -1.23. The second-order valence-corrected chi connectivity index (χ2v) is 3.31. The molecule has 6 nitrogen and oxygen atoms in total. The fourth-order valence-electron chi connectivity index (χ4n) is 1.22. The molecule has 6 heteroatoms.